The van der Waals surface area contributed by atoms with E-state index >= 15 is 0 Å². The van der Waals surface area contributed by atoms with Crippen LogP contribution in [0, 0.1) is 11.7 Å². The van der Waals surface area contributed by atoms with Gasteiger partial charge in [0, 0.05) is 24.6 Å². The molecule has 0 saturated heterocycles. The Bertz CT molecular complexity index is 1150. The minimum atomic E-state index is -0.951. The number of carbonyl (C=O) groups is 2. The van der Waals surface area contributed by atoms with Gasteiger partial charge in [0.1, 0.15) is 17.6 Å². The highest BCUT2D eigenvalue weighted by molar-refractivity contribution is 5.88. The number of aliphatic hydroxyl groups excluding tert-OH is 1. The second kappa shape index (κ2) is 12.9. The summed E-state index contributed by atoms with van der Waals surface area (Å²) in [4.78, 5) is 25.9. The van der Waals surface area contributed by atoms with Crippen LogP contribution in [0.4, 0.5) is 4.39 Å². The molecule has 2 aliphatic rings. The average Bonchev–Trinajstić information content (AvgIpc) is 3.70. The Balaban J connectivity index is 1.55. The number of fused-ring (bicyclic) bond motifs is 2. The molecule has 1 aliphatic carbocycles. The molecule has 1 saturated carbocycles. The number of nitrogens with one attached hydrogen (secondary N) is 3. The molecule has 2 amide bonds. The van der Waals surface area contributed by atoms with Crippen molar-refractivity contribution < 1.29 is 23.8 Å². The molecule has 3 atom stereocenters. The van der Waals surface area contributed by atoms with E-state index in [1.54, 1.807) is 6.07 Å². The highest BCUT2D eigenvalue weighted by Crippen LogP contribution is 2.45. The number of ether oxygens (including phenoxy) is 1. The summed E-state index contributed by atoms with van der Waals surface area (Å²) in [5.74, 6) is -0.745. The minimum Gasteiger partial charge on any atom is -0.493 e. The van der Waals surface area contributed by atoms with Crippen LogP contribution in [0.1, 0.15) is 69.6 Å². The van der Waals surface area contributed by atoms with Crippen molar-refractivity contribution >= 4 is 11.8 Å². The summed E-state index contributed by atoms with van der Waals surface area (Å²) < 4.78 is 20.2. The molecule has 39 heavy (non-hydrogen) atoms. The Hall–Kier alpha value is -2.97. The van der Waals surface area contributed by atoms with E-state index in [0.29, 0.717) is 30.8 Å². The van der Waals surface area contributed by atoms with E-state index in [1.807, 2.05) is 13.8 Å². The van der Waals surface area contributed by atoms with Crippen LogP contribution >= 0.6 is 0 Å². The van der Waals surface area contributed by atoms with Crippen LogP contribution < -0.4 is 20.7 Å². The maximum atomic E-state index is 14.5. The maximum absolute atomic E-state index is 14.5. The fourth-order valence-corrected chi connectivity index (χ4v) is 5.21. The molecule has 0 spiro atoms. The number of rotatable bonds is 7. The highest BCUT2D eigenvalue weighted by atomic mass is 19.1. The van der Waals surface area contributed by atoms with E-state index in [0.717, 1.165) is 19.3 Å². The lowest BCUT2D eigenvalue weighted by atomic mass is 9.97. The first kappa shape index (κ1) is 29.0. The SMILES string of the molecule is CCc1cccc(C2(NC[C@@H](O)[C@@H]3Cc4cc(F)cc(c4)OCCCCC(=O)N[C@H](C(C)C)C(=O)N3)CC2)c1. The number of aryl methyl sites for hydroxylation is 1. The molecule has 4 N–H and O–H groups in total. The van der Waals surface area contributed by atoms with Gasteiger partial charge in [0.25, 0.3) is 0 Å². The lowest BCUT2D eigenvalue weighted by molar-refractivity contribution is -0.131. The van der Waals surface area contributed by atoms with Crippen molar-refractivity contribution in [1.29, 1.82) is 0 Å². The Kier molecular flexibility index (Phi) is 9.62. The Morgan fingerprint density at radius 3 is 2.64 bits per heavy atom. The summed E-state index contributed by atoms with van der Waals surface area (Å²) in [7, 11) is 0. The molecule has 1 aliphatic heterocycles. The van der Waals surface area contributed by atoms with Gasteiger partial charge >= 0.3 is 0 Å². The molecule has 1 heterocycles. The number of carbonyl (C=O) groups excluding carboxylic acids is 2. The van der Waals surface area contributed by atoms with Gasteiger partial charge in [-0.3, -0.25) is 9.59 Å². The molecule has 8 heteroatoms. The van der Waals surface area contributed by atoms with Crippen molar-refractivity contribution in [2.24, 2.45) is 5.92 Å². The lowest BCUT2D eigenvalue weighted by Crippen LogP contribution is -2.56. The first-order valence-electron chi connectivity index (χ1n) is 14.2. The van der Waals surface area contributed by atoms with E-state index in [2.05, 4.69) is 47.1 Å². The molecule has 212 valence electrons. The van der Waals surface area contributed by atoms with Crippen LogP contribution in [-0.2, 0) is 28.0 Å². The van der Waals surface area contributed by atoms with Crippen molar-refractivity contribution in [1.82, 2.24) is 16.0 Å². The maximum Gasteiger partial charge on any atom is 0.243 e. The second-order valence-electron chi connectivity index (χ2n) is 11.3. The zero-order valence-corrected chi connectivity index (χ0v) is 23.3. The van der Waals surface area contributed by atoms with Gasteiger partial charge < -0.3 is 25.8 Å². The third-order valence-corrected chi connectivity index (χ3v) is 7.80. The number of hydrogen-bond donors (Lipinski definition) is 4. The summed E-state index contributed by atoms with van der Waals surface area (Å²) in [6.45, 7) is 6.49. The summed E-state index contributed by atoms with van der Waals surface area (Å²) in [6.07, 6.45) is 3.64. The van der Waals surface area contributed by atoms with Crippen LogP contribution in [0.15, 0.2) is 42.5 Å². The zero-order valence-electron chi connectivity index (χ0n) is 23.3. The van der Waals surface area contributed by atoms with E-state index in [4.69, 9.17) is 4.74 Å². The van der Waals surface area contributed by atoms with Crippen molar-refractivity contribution in [3.63, 3.8) is 0 Å². The zero-order chi connectivity index (χ0) is 28.0. The molecular formula is C31H42FN3O4. The molecule has 0 radical (unpaired) electrons. The second-order valence-corrected chi connectivity index (χ2v) is 11.3. The van der Waals surface area contributed by atoms with Gasteiger partial charge in [0.15, 0.2) is 0 Å². The van der Waals surface area contributed by atoms with Crippen molar-refractivity contribution in [3.05, 3.63) is 65.0 Å². The van der Waals surface area contributed by atoms with Crippen LogP contribution in [0.25, 0.3) is 0 Å². The predicted octanol–water partition coefficient (Wildman–Crippen LogP) is 3.76. The summed E-state index contributed by atoms with van der Waals surface area (Å²) in [5.41, 5.74) is 2.89. The third kappa shape index (κ3) is 7.79. The standard InChI is InChI=1S/C31H42FN3O4/c1-4-21-8-7-9-23(14-21)31(11-12-31)33-19-27(36)26-17-22-15-24(32)18-25(16-22)39-13-6-5-10-28(37)35-29(20(2)3)30(38)34-26/h7-9,14-16,18,20,26-27,29,33,36H,4-6,10-13,17,19H2,1-3H3,(H,34,38)(H,35,37)/t26-,27+,29+/m0/s1. The monoisotopic (exact) mass is 539 g/mol. The lowest BCUT2D eigenvalue weighted by Gasteiger charge is -2.30. The van der Waals surface area contributed by atoms with Gasteiger partial charge in [-0.05, 0) is 73.3 Å². The largest absolute Gasteiger partial charge is 0.493 e. The third-order valence-electron chi connectivity index (χ3n) is 7.80. The number of aliphatic hydroxyl groups is 1. The van der Waals surface area contributed by atoms with Gasteiger partial charge in [-0.1, -0.05) is 45.0 Å². The molecule has 0 unspecified atom stereocenters. The van der Waals surface area contributed by atoms with Crippen molar-refractivity contribution in [3.8, 4) is 5.75 Å². The molecular weight excluding hydrogens is 497 g/mol. The quantitative estimate of drug-likeness (QED) is 0.430. The molecule has 2 bridgehead atoms. The Labute approximate surface area is 230 Å². The van der Waals surface area contributed by atoms with E-state index in [1.165, 1.54) is 23.3 Å². The first-order valence-corrected chi connectivity index (χ1v) is 14.2. The predicted molar refractivity (Wildman–Crippen MR) is 149 cm³/mol. The number of benzene rings is 2. The first-order chi connectivity index (χ1) is 18.7. The Morgan fingerprint density at radius 2 is 1.92 bits per heavy atom. The molecule has 2 aromatic rings. The van der Waals surface area contributed by atoms with Crippen molar-refractivity contribution in [2.45, 2.75) is 89.4 Å². The van der Waals surface area contributed by atoms with Crippen LogP contribution in [0.5, 0.6) is 5.75 Å². The van der Waals surface area contributed by atoms with Crippen LogP contribution in [-0.4, -0.2) is 48.3 Å². The minimum absolute atomic E-state index is 0.148. The fourth-order valence-electron chi connectivity index (χ4n) is 5.21. The van der Waals surface area contributed by atoms with E-state index in [9.17, 15) is 19.1 Å². The molecule has 1 fully saturated rings. The average molecular weight is 540 g/mol. The van der Waals surface area contributed by atoms with Crippen molar-refractivity contribution in [2.75, 3.05) is 13.2 Å². The smallest absolute Gasteiger partial charge is 0.243 e. The Morgan fingerprint density at radius 1 is 1.13 bits per heavy atom. The van der Waals surface area contributed by atoms with E-state index in [-0.39, 0.29) is 42.7 Å². The van der Waals surface area contributed by atoms with Gasteiger partial charge in [-0.25, -0.2) is 4.39 Å². The van der Waals surface area contributed by atoms with Gasteiger partial charge in [-0.15, -0.1) is 0 Å². The normalized spacial score (nSPS) is 22.6. The number of halogens is 1. The van der Waals surface area contributed by atoms with Crippen LogP contribution in [0.2, 0.25) is 0 Å². The molecule has 2 aromatic carbocycles. The number of hydrogen-bond acceptors (Lipinski definition) is 5. The van der Waals surface area contributed by atoms with Gasteiger partial charge in [0.2, 0.25) is 11.8 Å². The molecule has 7 nitrogen and oxygen atoms in total. The summed E-state index contributed by atoms with van der Waals surface area (Å²) >= 11 is 0. The summed E-state index contributed by atoms with van der Waals surface area (Å²) in [5, 5.41) is 20.8. The molecule has 0 aromatic heterocycles. The van der Waals surface area contributed by atoms with Crippen LogP contribution in [0.3, 0.4) is 0 Å². The number of amides is 2. The molecule has 4 rings (SSSR count). The highest BCUT2D eigenvalue weighted by Gasteiger charge is 2.44. The fraction of sp³-hybridized carbons (Fsp3) is 0.548. The van der Waals surface area contributed by atoms with Gasteiger partial charge in [-0.2, -0.15) is 0 Å². The van der Waals surface area contributed by atoms with E-state index < -0.39 is 24.0 Å². The topological polar surface area (TPSA) is 99.7 Å². The van der Waals surface area contributed by atoms with Gasteiger partial charge in [0.05, 0.1) is 18.8 Å². The summed E-state index contributed by atoms with van der Waals surface area (Å²) in [6, 6.07) is 11.5.